The molecule has 0 aliphatic carbocycles. The zero-order valence-corrected chi connectivity index (χ0v) is 9.89. The summed E-state index contributed by atoms with van der Waals surface area (Å²) < 4.78 is 5.24. The maximum absolute atomic E-state index is 12.3. The van der Waals surface area contributed by atoms with E-state index in [9.17, 15) is 9.59 Å². The van der Waals surface area contributed by atoms with Crippen molar-refractivity contribution < 1.29 is 14.3 Å². The lowest BCUT2D eigenvalue weighted by Gasteiger charge is -2.18. The summed E-state index contributed by atoms with van der Waals surface area (Å²) >= 11 is 0. The second kappa shape index (κ2) is 4.10. The first-order valence-electron chi connectivity index (χ1n) is 5.97. The number of benzene rings is 1. The van der Waals surface area contributed by atoms with Crippen LogP contribution in [0.5, 0.6) is 0 Å². The van der Waals surface area contributed by atoms with Crippen molar-refractivity contribution in [3.05, 3.63) is 35.9 Å². The van der Waals surface area contributed by atoms with Gasteiger partial charge in [-0.3, -0.25) is 9.69 Å². The van der Waals surface area contributed by atoms with Gasteiger partial charge in [-0.1, -0.05) is 30.3 Å². The number of hydrogen-bond donors (Lipinski definition) is 1. The highest BCUT2D eigenvalue weighted by molar-refractivity contribution is 6.07. The second-order valence-electron chi connectivity index (χ2n) is 4.69. The third kappa shape index (κ3) is 1.67. The molecule has 5 heteroatoms. The highest BCUT2D eigenvalue weighted by Crippen LogP contribution is 2.27. The minimum Gasteiger partial charge on any atom is -0.378 e. The van der Waals surface area contributed by atoms with Gasteiger partial charge in [-0.15, -0.1) is 0 Å². The Kier molecular flexibility index (Phi) is 2.56. The quantitative estimate of drug-likeness (QED) is 0.789. The van der Waals surface area contributed by atoms with Crippen molar-refractivity contribution in [2.75, 3.05) is 13.2 Å². The highest BCUT2D eigenvalue weighted by atomic mass is 16.5. The number of urea groups is 1. The van der Waals surface area contributed by atoms with Gasteiger partial charge >= 0.3 is 6.03 Å². The molecule has 1 unspecified atom stereocenters. The maximum atomic E-state index is 12.3. The summed E-state index contributed by atoms with van der Waals surface area (Å²) in [5, 5.41) is 2.76. The Morgan fingerprint density at radius 3 is 2.72 bits per heavy atom. The molecule has 1 aromatic rings. The molecule has 94 valence electrons. The van der Waals surface area contributed by atoms with E-state index in [-0.39, 0.29) is 18.5 Å². The molecule has 5 nitrogen and oxygen atoms in total. The fraction of sp³-hybridized carbons (Fsp3) is 0.385. The molecule has 1 spiro atoms. The van der Waals surface area contributed by atoms with Crippen molar-refractivity contribution >= 4 is 11.9 Å². The van der Waals surface area contributed by atoms with E-state index < -0.39 is 5.54 Å². The van der Waals surface area contributed by atoms with Gasteiger partial charge in [-0.05, 0) is 5.56 Å². The predicted octanol–water partition coefficient (Wildman–Crippen LogP) is 0.897. The molecule has 1 aromatic carbocycles. The monoisotopic (exact) mass is 246 g/mol. The largest absolute Gasteiger partial charge is 0.378 e. The van der Waals surface area contributed by atoms with Crippen molar-refractivity contribution in [1.82, 2.24) is 10.2 Å². The number of imide groups is 1. The van der Waals surface area contributed by atoms with Gasteiger partial charge in [0.25, 0.3) is 5.91 Å². The third-order valence-corrected chi connectivity index (χ3v) is 3.45. The molecule has 2 heterocycles. The zero-order valence-electron chi connectivity index (χ0n) is 9.89. The Balaban J connectivity index is 1.81. The number of rotatable bonds is 2. The Bertz CT molecular complexity index is 480. The van der Waals surface area contributed by atoms with Crippen molar-refractivity contribution in [3.8, 4) is 0 Å². The summed E-state index contributed by atoms with van der Waals surface area (Å²) in [5.74, 6) is -0.172. The topological polar surface area (TPSA) is 58.6 Å². The first kappa shape index (κ1) is 11.2. The Morgan fingerprint density at radius 2 is 2.06 bits per heavy atom. The molecule has 0 aromatic heterocycles. The first-order valence-corrected chi connectivity index (χ1v) is 5.97. The molecular formula is C13H14N2O3. The first-order chi connectivity index (χ1) is 8.71. The lowest BCUT2D eigenvalue weighted by atomic mass is 9.99. The lowest BCUT2D eigenvalue weighted by Crippen LogP contribution is -2.47. The molecular weight excluding hydrogens is 232 g/mol. The van der Waals surface area contributed by atoms with E-state index in [0.717, 1.165) is 5.56 Å². The number of carbonyl (C=O) groups excluding carboxylic acids is 2. The highest BCUT2D eigenvalue weighted by Gasteiger charge is 2.53. The van der Waals surface area contributed by atoms with Crippen LogP contribution in [-0.2, 0) is 16.1 Å². The summed E-state index contributed by atoms with van der Waals surface area (Å²) in [6.45, 7) is 1.11. The minimum absolute atomic E-state index is 0.172. The van der Waals surface area contributed by atoms with Gasteiger partial charge in [0.05, 0.1) is 13.2 Å². The average molecular weight is 246 g/mol. The van der Waals surface area contributed by atoms with Gasteiger partial charge in [0.1, 0.15) is 5.54 Å². The Labute approximate surface area is 105 Å². The SMILES string of the molecule is O=C1NC2(CCOC2)C(=O)N1Cc1ccccc1. The minimum atomic E-state index is -0.814. The van der Waals surface area contributed by atoms with E-state index >= 15 is 0 Å². The average Bonchev–Trinajstić information content (AvgIpc) is 2.93. The van der Waals surface area contributed by atoms with Crippen LogP contribution in [0, 0.1) is 0 Å². The standard InChI is InChI=1S/C13H14N2O3/c16-11-13(6-7-18-9-13)14-12(17)15(11)8-10-4-2-1-3-5-10/h1-5H,6-9H2,(H,14,17). The van der Waals surface area contributed by atoms with Gasteiger partial charge < -0.3 is 10.1 Å². The van der Waals surface area contributed by atoms with E-state index in [4.69, 9.17) is 4.74 Å². The summed E-state index contributed by atoms with van der Waals surface area (Å²) in [6, 6.07) is 9.16. The fourth-order valence-corrected chi connectivity index (χ4v) is 2.42. The number of hydrogen-bond acceptors (Lipinski definition) is 3. The van der Waals surface area contributed by atoms with Crippen molar-refractivity contribution in [1.29, 1.82) is 0 Å². The summed E-state index contributed by atoms with van der Waals surface area (Å²) in [5.41, 5.74) is 0.128. The number of nitrogens with one attached hydrogen (secondary N) is 1. The summed E-state index contributed by atoms with van der Waals surface area (Å²) in [6.07, 6.45) is 0.558. The van der Waals surface area contributed by atoms with Crippen LogP contribution in [0.4, 0.5) is 4.79 Å². The zero-order chi connectivity index (χ0) is 12.6. The van der Waals surface area contributed by atoms with E-state index in [1.807, 2.05) is 30.3 Å². The van der Waals surface area contributed by atoms with Crippen LogP contribution in [-0.4, -0.2) is 35.6 Å². The normalized spacial score (nSPS) is 27.0. The van der Waals surface area contributed by atoms with Crippen LogP contribution < -0.4 is 5.32 Å². The van der Waals surface area contributed by atoms with Gasteiger partial charge in [0.2, 0.25) is 0 Å². The molecule has 18 heavy (non-hydrogen) atoms. The molecule has 1 N–H and O–H groups in total. The molecule has 2 aliphatic heterocycles. The molecule has 2 fully saturated rings. The fourth-order valence-electron chi connectivity index (χ4n) is 2.42. The molecule has 0 saturated carbocycles. The van der Waals surface area contributed by atoms with Gasteiger partial charge in [-0.2, -0.15) is 0 Å². The third-order valence-electron chi connectivity index (χ3n) is 3.45. The Morgan fingerprint density at radius 1 is 1.28 bits per heavy atom. The van der Waals surface area contributed by atoms with Gasteiger partial charge in [0.15, 0.2) is 0 Å². The number of amides is 3. The molecule has 2 saturated heterocycles. The summed E-state index contributed by atoms with van der Waals surface area (Å²) in [4.78, 5) is 25.5. The van der Waals surface area contributed by atoms with E-state index in [2.05, 4.69) is 5.32 Å². The smallest absolute Gasteiger partial charge is 0.325 e. The van der Waals surface area contributed by atoms with Crippen LogP contribution in [0.25, 0.3) is 0 Å². The molecule has 0 bridgehead atoms. The van der Waals surface area contributed by atoms with Crippen molar-refractivity contribution in [2.24, 2.45) is 0 Å². The van der Waals surface area contributed by atoms with Crippen molar-refractivity contribution in [3.63, 3.8) is 0 Å². The molecule has 1 atom stereocenters. The second-order valence-corrected chi connectivity index (χ2v) is 4.69. The lowest BCUT2D eigenvalue weighted by molar-refractivity contribution is -0.131. The van der Waals surface area contributed by atoms with Gasteiger partial charge in [-0.25, -0.2) is 4.79 Å². The molecule has 3 rings (SSSR count). The van der Waals surface area contributed by atoms with Crippen LogP contribution >= 0.6 is 0 Å². The Hall–Kier alpha value is -1.88. The van der Waals surface area contributed by atoms with Crippen LogP contribution in [0.15, 0.2) is 30.3 Å². The molecule has 3 amide bonds. The predicted molar refractivity (Wildman–Crippen MR) is 63.7 cm³/mol. The number of carbonyl (C=O) groups is 2. The molecule has 0 radical (unpaired) electrons. The van der Waals surface area contributed by atoms with Crippen LogP contribution in [0.2, 0.25) is 0 Å². The molecule has 2 aliphatic rings. The van der Waals surface area contributed by atoms with Gasteiger partial charge in [0, 0.05) is 13.0 Å². The summed E-state index contributed by atoms with van der Waals surface area (Å²) in [7, 11) is 0. The number of ether oxygens (including phenoxy) is 1. The van der Waals surface area contributed by atoms with E-state index in [1.165, 1.54) is 4.90 Å². The van der Waals surface area contributed by atoms with E-state index in [0.29, 0.717) is 19.6 Å². The number of nitrogens with zero attached hydrogens (tertiary/aromatic N) is 1. The van der Waals surface area contributed by atoms with Crippen LogP contribution in [0.3, 0.4) is 0 Å². The maximum Gasteiger partial charge on any atom is 0.325 e. The van der Waals surface area contributed by atoms with E-state index in [1.54, 1.807) is 0 Å². The van der Waals surface area contributed by atoms with Crippen LogP contribution in [0.1, 0.15) is 12.0 Å². The van der Waals surface area contributed by atoms with Crippen molar-refractivity contribution in [2.45, 2.75) is 18.5 Å².